The molecular weight excluding hydrogens is 286 g/mol. The van der Waals surface area contributed by atoms with Crippen molar-refractivity contribution in [2.45, 2.75) is 49.5 Å². The van der Waals surface area contributed by atoms with Gasteiger partial charge in [0.25, 0.3) is 0 Å². The summed E-state index contributed by atoms with van der Waals surface area (Å²) in [5, 5.41) is 3.47. The van der Waals surface area contributed by atoms with Crippen molar-refractivity contribution in [3.63, 3.8) is 0 Å². The van der Waals surface area contributed by atoms with Gasteiger partial charge >= 0.3 is 0 Å². The minimum atomic E-state index is -3.52. The molecule has 1 aromatic carbocycles. The molecule has 0 radical (unpaired) electrons. The summed E-state index contributed by atoms with van der Waals surface area (Å²) in [5.74, 6) is 0. The van der Waals surface area contributed by atoms with Crippen LogP contribution in [0.4, 0.5) is 11.4 Å². The number of hydrogen-bond donors (Lipinski definition) is 2. The highest BCUT2D eigenvalue weighted by atomic mass is 32.2. The first-order chi connectivity index (χ1) is 9.76. The molecule has 0 saturated heterocycles. The average molecular weight is 311 g/mol. The highest BCUT2D eigenvalue weighted by molar-refractivity contribution is 7.89. The molecule has 21 heavy (non-hydrogen) atoms. The van der Waals surface area contributed by atoms with Crippen molar-refractivity contribution in [3.8, 4) is 0 Å². The van der Waals surface area contributed by atoms with Gasteiger partial charge in [-0.05, 0) is 31.9 Å². The predicted octanol–water partition coefficient (Wildman–Crippen LogP) is 2.65. The Labute approximate surface area is 127 Å². The summed E-state index contributed by atoms with van der Waals surface area (Å²) in [5.41, 5.74) is 7.12. The summed E-state index contributed by atoms with van der Waals surface area (Å²) in [4.78, 5) is 0.164. The number of nitrogens with zero attached hydrogens (tertiary/aromatic N) is 1. The van der Waals surface area contributed by atoms with Crippen LogP contribution in [0.15, 0.2) is 23.1 Å². The molecule has 1 aliphatic rings. The van der Waals surface area contributed by atoms with Crippen LogP contribution in [-0.2, 0) is 10.0 Å². The van der Waals surface area contributed by atoms with E-state index >= 15 is 0 Å². The quantitative estimate of drug-likeness (QED) is 0.838. The molecule has 0 unspecified atom stereocenters. The molecule has 0 aliphatic heterocycles. The number of nitrogens with two attached hydrogens (primary N) is 1. The van der Waals surface area contributed by atoms with Crippen molar-refractivity contribution in [2.24, 2.45) is 0 Å². The topological polar surface area (TPSA) is 75.4 Å². The Hall–Kier alpha value is -1.27. The zero-order chi connectivity index (χ0) is 15.7. The fourth-order valence-electron chi connectivity index (χ4n) is 2.86. The van der Waals surface area contributed by atoms with E-state index in [0.29, 0.717) is 11.4 Å². The summed E-state index contributed by atoms with van der Waals surface area (Å²) >= 11 is 0. The highest BCUT2D eigenvalue weighted by Gasteiger charge is 2.28. The van der Waals surface area contributed by atoms with Gasteiger partial charge in [-0.25, -0.2) is 12.7 Å². The van der Waals surface area contributed by atoms with Gasteiger partial charge in [-0.3, -0.25) is 0 Å². The number of para-hydroxylation sites is 1. The molecule has 1 fully saturated rings. The van der Waals surface area contributed by atoms with Gasteiger partial charge in [0.2, 0.25) is 10.0 Å². The maximum atomic E-state index is 12.3. The Morgan fingerprint density at radius 1 is 1.19 bits per heavy atom. The van der Waals surface area contributed by atoms with Crippen LogP contribution in [-0.4, -0.2) is 32.4 Å². The molecule has 1 aromatic rings. The molecule has 0 heterocycles. The molecule has 6 heteroatoms. The minimum Gasteiger partial charge on any atom is -0.396 e. The lowest BCUT2D eigenvalue weighted by molar-refractivity contribution is 0.349. The zero-order valence-corrected chi connectivity index (χ0v) is 13.8. The molecule has 118 valence electrons. The molecule has 3 N–H and O–H groups in total. The summed E-state index contributed by atoms with van der Waals surface area (Å²) in [6, 6.07) is 5.14. The molecule has 0 amide bonds. The smallest absolute Gasteiger partial charge is 0.244 e. The van der Waals surface area contributed by atoms with E-state index in [1.54, 1.807) is 12.1 Å². The first-order valence-corrected chi connectivity index (χ1v) is 8.79. The maximum Gasteiger partial charge on any atom is 0.244 e. The fraction of sp³-hybridized carbons (Fsp3) is 0.600. The predicted molar refractivity (Wildman–Crippen MR) is 86.8 cm³/mol. The molecule has 0 aromatic heterocycles. The second-order valence-electron chi connectivity index (χ2n) is 6.25. The van der Waals surface area contributed by atoms with Crippen LogP contribution in [0, 0.1) is 0 Å². The van der Waals surface area contributed by atoms with Gasteiger partial charge in [0.1, 0.15) is 4.90 Å². The van der Waals surface area contributed by atoms with Crippen LogP contribution in [0.5, 0.6) is 0 Å². The van der Waals surface area contributed by atoms with Gasteiger partial charge < -0.3 is 11.1 Å². The lowest BCUT2D eigenvalue weighted by Gasteiger charge is -2.36. The van der Waals surface area contributed by atoms with E-state index < -0.39 is 10.0 Å². The number of rotatable bonds is 4. The van der Waals surface area contributed by atoms with E-state index in [1.807, 2.05) is 6.07 Å². The number of benzene rings is 1. The lowest BCUT2D eigenvalue weighted by atomic mass is 9.83. The van der Waals surface area contributed by atoms with Gasteiger partial charge in [-0.2, -0.15) is 0 Å². The Bertz CT molecular complexity index is 605. The van der Waals surface area contributed by atoms with E-state index in [0.717, 1.165) is 12.8 Å². The summed E-state index contributed by atoms with van der Waals surface area (Å²) in [6.07, 6.45) is 5.81. The molecule has 0 atom stereocenters. The van der Waals surface area contributed by atoms with E-state index in [9.17, 15) is 8.42 Å². The SMILES string of the molecule is CN(C)S(=O)(=O)c1cccc(NC2(C)CCCCC2)c1N. The molecule has 0 spiro atoms. The van der Waals surface area contributed by atoms with Crippen molar-refractivity contribution in [2.75, 3.05) is 25.1 Å². The van der Waals surface area contributed by atoms with Crippen LogP contribution in [0.25, 0.3) is 0 Å². The second-order valence-corrected chi connectivity index (χ2v) is 8.37. The van der Waals surface area contributed by atoms with Gasteiger partial charge in [0, 0.05) is 19.6 Å². The molecule has 2 rings (SSSR count). The van der Waals surface area contributed by atoms with E-state index in [1.165, 1.54) is 37.7 Å². The normalized spacial score (nSPS) is 18.7. The van der Waals surface area contributed by atoms with E-state index in [4.69, 9.17) is 5.73 Å². The number of anilines is 2. The maximum absolute atomic E-state index is 12.3. The fourth-order valence-corrected chi connectivity index (χ4v) is 3.89. The van der Waals surface area contributed by atoms with Crippen LogP contribution < -0.4 is 11.1 Å². The van der Waals surface area contributed by atoms with Crippen molar-refractivity contribution in [1.82, 2.24) is 4.31 Å². The van der Waals surface area contributed by atoms with Crippen molar-refractivity contribution in [1.29, 1.82) is 0 Å². The molecule has 1 aliphatic carbocycles. The third kappa shape index (κ3) is 3.32. The third-order valence-corrected chi connectivity index (χ3v) is 6.09. The van der Waals surface area contributed by atoms with E-state index in [2.05, 4.69) is 12.2 Å². The standard InChI is InChI=1S/C15H25N3O2S/c1-15(10-5-4-6-11-15)17-12-8-7-9-13(14(12)16)21(19,20)18(2)3/h7-9,17H,4-6,10-11,16H2,1-3H3. The van der Waals surface area contributed by atoms with Crippen LogP contribution in [0.3, 0.4) is 0 Å². The lowest BCUT2D eigenvalue weighted by Crippen LogP contribution is -2.37. The number of sulfonamides is 1. The summed E-state index contributed by atoms with van der Waals surface area (Å²) < 4.78 is 25.8. The van der Waals surface area contributed by atoms with Crippen molar-refractivity contribution >= 4 is 21.4 Å². The van der Waals surface area contributed by atoms with Gasteiger partial charge in [-0.15, -0.1) is 0 Å². The van der Waals surface area contributed by atoms with Crippen LogP contribution >= 0.6 is 0 Å². The summed E-state index contributed by atoms with van der Waals surface area (Å²) in [7, 11) is -0.500. The monoisotopic (exact) mass is 311 g/mol. The number of nitrogen functional groups attached to an aromatic ring is 1. The third-order valence-electron chi connectivity index (χ3n) is 4.22. The van der Waals surface area contributed by atoms with Gasteiger partial charge in [0.15, 0.2) is 0 Å². The molecule has 1 saturated carbocycles. The zero-order valence-electron chi connectivity index (χ0n) is 13.0. The summed E-state index contributed by atoms with van der Waals surface area (Å²) in [6.45, 7) is 2.18. The van der Waals surface area contributed by atoms with Crippen LogP contribution in [0.1, 0.15) is 39.0 Å². The Kier molecular flexibility index (Phi) is 4.49. The number of nitrogens with one attached hydrogen (secondary N) is 1. The van der Waals surface area contributed by atoms with Crippen molar-refractivity contribution < 1.29 is 8.42 Å². The second kappa shape index (κ2) is 5.85. The highest BCUT2D eigenvalue weighted by Crippen LogP contribution is 2.35. The van der Waals surface area contributed by atoms with Crippen LogP contribution in [0.2, 0.25) is 0 Å². The molecule has 5 nitrogen and oxygen atoms in total. The first kappa shape index (κ1) is 16.1. The van der Waals surface area contributed by atoms with Crippen molar-refractivity contribution in [3.05, 3.63) is 18.2 Å². The first-order valence-electron chi connectivity index (χ1n) is 7.35. The average Bonchev–Trinajstić information content (AvgIpc) is 2.41. The Balaban J connectivity index is 2.34. The molecule has 0 bridgehead atoms. The Morgan fingerprint density at radius 2 is 1.81 bits per heavy atom. The van der Waals surface area contributed by atoms with E-state index in [-0.39, 0.29) is 10.4 Å². The number of hydrogen-bond acceptors (Lipinski definition) is 4. The minimum absolute atomic E-state index is 0.00707. The largest absolute Gasteiger partial charge is 0.396 e. The Morgan fingerprint density at radius 3 is 2.38 bits per heavy atom. The van der Waals surface area contributed by atoms with Gasteiger partial charge in [-0.1, -0.05) is 25.3 Å². The van der Waals surface area contributed by atoms with Gasteiger partial charge in [0.05, 0.1) is 11.4 Å². The molecular formula is C15H25N3O2S.